The van der Waals surface area contributed by atoms with Gasteiger partial charge in [-0.25, -0.2) is 4.90 Å². The highest BCUT2D eigenvalue weighted by Gasteiger charge is 2.39. The molecule has 124 valence electrons. The van der Waals surface area contributed by atoms with E-state index in [1.807, 2.05) is 0 Å². The third-order valence-electron chi connectivity index (χ3n) is 3.39. The van der Waals surface area contributed by atoms with Crippen LogP contribution in [0.4, 0.5) is 0 Å². The second kappa shape index (κ2) is 7.05. The minimum atomic E-state index is -1.02. The highest BCUT2D eigenvalue weighted by atomic mass is 16.7. The molecule has 9 nitrogen and oxygen atoms in total. The summed E-state index contributed by atoms with van der Waals surface area (Å²) in [5, 5.41) is 24.9. The van der Waals surface area contributed by atoms with Gasteiger partial charge in [0.2, 0.25) is 11.5 Å². The molecule has 2 rings (SSSR count). The average molecular weight is 322 g/mol. The van der Waals surface area contributed by atoms with E-state index in [0.29, 0.717) is 17.5 Å². The lowest BCUT2D eigenvalue weighted by Crippen LogP contribution is -2.39. The fourth-order valence-electron chi connectivity index (χ4n) is 2.14. The smallest absolute Gasteiger partial charge is 0.264 e. The van der Waals surface area contributed by atoms with E-state index in [0.717, 1.165) is 4.90 Å². The molecule has 1 aliphatic heterocycles. The molecule has 9 heteroatoms. The highest BCUT2D eigenvalue weighted by Crippen LogP contribution is 2.24. The van der Waals surface area contributed by atoms with Gasteiger partial charge in [0, 0.05) is 6.61 Å². The van der Waals surface area contributed by atoms with Crippen LogP contribution in [0.15, 0.2) is 29.5 Å². The number of carbonyl (C=O) groups excluding carboxylic acids is 2. The summed E-state index contributed by atoms with van der Waals surface area (Å²) in [6.07, 6.45) is -0.622. The summed E-state index contributed by atoms with van der Waals surface area (Å²) in [6.45, 7) is 1.69. The third-order valence-corrected chi connectivity index (χ3v) is 3.39. The van der Waals surface area contributed by atoms with E-state index >= 15 is 0 Å². The van der Waals surface area contributed by atoms with Crippen LogP contribution in [-0.4, -0.2) is 58.2 Å². The van der Waals surface area contributed by atoms with Gasteiger partial charge in [0.25, 0.3) is 11.8 Å². The molecule has 0 bridgehead atoms. The molecule has 2 amide bonds. The first kappa shape index (κ1) is 16.7. The number of hydrogen-bond donors (Lipinski definition) is 1. The minimum absolute atomic E-state index is 0.0511. The minimum Gasteiger partial charge on any atom is -0.569 e. The first-order valence-electron chi connectivity index (χ1n) is 7.10. The first-order chi connectivity index (χ1) is 11.0. The van der Waals surface area contributed by atoms with Crippen molar-refractivity contribution in [2.75, 3.05) is 20.2 Å². The Morgan fingerprint density at radius 1 is 1.35 bits per heavy atom. The van der Waals surface area contributed by atoms with Crippen molar-refractivity contribution in [1.29, 1.82) is 0 Å². The number of hydrazine groups is 1. The number of amides is 2. The fraction of sp³-hybridized carbons (Fsp3) is 0.429. The van der Waals surface area contributed by atoms with Gasteiger partial charge < -0.3 is 15.2 Å². The number of imide groups is 1. The zero-order valence-electron chi connectivity index (χ0n) is 12.9. The topological polar surface area (TPSA) is 109 Å². The Bertz CT molecular complexity index is 598. The van der Waals surface area contributed by atoms with Gasteiger partial charge in [0.1, 0.15) is 0 Å². The summed E-state index contributed by atoms with van der Waals surface area (Å²) in [7, 11) is 1.47. The number of benzene rings is 1. The molecular formula is C14H18N4O5. The zero-order chi connectivity index (χ0) is 17.0. The van der Waals surface area contributed by atoms with Crippen LogP contribution < -0.4 is 0 Å². The SMILES string of the molecule is CC(ON=[N+]([O-])N(C)CCCO)N1C(=O)c2ccccc2C1=O. The van der Waals surface area contributed by atoms with E-state index in [2.05, 4.69) is 5.28 Å². The van der Waals surface area contributed by atoms with Crippen molar-refractivity contribution >= 4 is 11.8 Å². The second-order valence-corrected chi connectivity index (χ2v) is 5.02. The summed E-state index contributed by atoms with van der Waals surface area (Å²) >= 11 is 0. The molecule has 23 heavy (non-hydrogen) atoms. The third kappa shape index (κ3) is 3.39. The number of aliphatic hydroxyl groups is 1. The van der Waals surface area contributed by atoms with Crippen LogP contribution in [0.25, 0.3) is 0 Å². The maximum absolute atomic E-state index is 12.2. The number of carbonyl (C=O) groups is 2. The molecule has 0 fully saturated rings. The summed E-state index contributed by atoms with van der Waals surface area (Å²) in [6, 6.07) is 6.45. The van der Waals surface area contributed by atoms with Gasteiger partial charge in [-0.2, -0.15) is 0 Å². The van der Waals surface area contributed by atoms with E-state index in [9.17, 15) is 14.8 Å². The predicted octanol–water partition coefficient (Wildman–Crippen LogP) is 0.752. The zero-order valence-corrected chi connectivity index (χ0v) is 12.9. The number of fused-ring (bicyclic) bond motifs is 1. The quantitative estimate of drug-likeness (QED) is 0.343. The molecule has 1 aromatic carbocycles. The van der Waals surface area contributed by atoms with E-state index < -0.39 is 18.0 Å². The molecule has 1 aromatic rings. The van der Waals surface area contributed by atoms with Gasteiger partial charge in [-0.05, 0) is 25.5 Å². The van der Waals surface area contributed by atoms with Crippen LogP contribution in [0.1, 0.15) is 34.1 Å². The van der Waals surface area contributed by atoms with Crippen molar-refractivity contribution < 1.29 is 24.5 Å². The molecule has 1 N–H and O–H groups in total. The first-order valence-corrected chi connectivity index (χ1v) is 7.10. The maximum Gasteiger partial charge on any atom is 0.264 e. The van der Waals surface area contributed by atoms with Crippen LogP contribution in [0.3, 0.4) is 0 Å². The highest BCUT2D eigenvalue weighted by molar-refractivity contribution is 6.21. The lowest BCUT2D eigenvalue weighted by atomic mass is 10.1. The molecule has 0 saturated carbocycles. The van der Waals surface area contributed by atoms with Crippen molar-refractivity contribution in [2.24, 2.45) is 5.28 Å². The van der Waals surface area contributed by atoms with Gasteiger partial charge in [-0.1, -0.05) is 12.1 Å². The summed E-state index contributed by atoms with van der Waals surface area (Å²) < 4.78 is 0. The fourth-order valence-corrected chi connectivity index (χ4v) is 2.14. The Hall–Kier alpha value is -2.68. The predicted molar refractivity (Wildman–Crippen MR) is 77.9 cm³/mol. The number of rotatable bonds is 7. The summed E-state index contributed by atoms with van der Waals surface area (Å²) in [4.78, 5) is 30.5. The molecule has 0 aliphatic carbocycles. The molecule has 1 aliphatic rings. The standard InChI is InChI=1S/C14H18N4O5/c1-10(23-15-18(22)16(2)8-5-9-19)17-13(20)11-6-3-4-7-12(11)14(17)21/h3-4,6-7,10,19H,5,8-9H2,1-2H3. The Morgan fingerprint density at radius 2 is 1.91 bits per heavy atom. The number of aliphatic hydroxyl groups excluding tert-OH is 1. The van der Waals surface area contributed by atoms with Crippen molar-refractivity contribution in [3.05, 3.63) is 40.6 Å². The van der Waals surface area contributed by atoms with E-state index in [4.69, 9.17) is 9.94 Å². The monoisotopic (exact) mass is 322 g/mol. The Kier molecular flexibility index (Phi) is 5.12. The molecule has 1 atom stereocenters. The van der Waals surface area contributed by atoms with E-state index in [1.165, 1.54) is 19.0 Å². The van der Waals surface area contributed by atoms with Crippen molar-refractivity contribution in [1.82, 2.24) is 9.91 Å². The van der Waals surface area contributed by atoms with Gasteiger partial charge in [0.05, 0.1) is 29.7 Å². The van der Waals surface area contributed by atoms with Gasteiger partial charge >= 0.3 is 0 Å². The van der Waals surface area contributed by atoms with E-state index in [1.54, 1.807) is 24.3 Å². The van der Waals surface area contributed by atoms with Crippen LogP contribution in [-0.2, 0) is 4.84 Å². The Balaban J connectivity index is 2.03. The van der Waals surface area contributed by atoms with Crippen LogP contribution in [0, 0.1) is 5.21 Å². The second-order valence-electron chi connectivity index (χ2n) is 5.02. The van der Waals surface area contributed by atoms with Crippen molar-refractivity contribution in [2.45, 2.75) is 19.6 Å². The van der Waals surface area contributed by atoms with Gasteiger partial charge in [-0.15, -0.1) is 5.01 Å². The molecule has 1 heterocycles. The maximum atomic E-state index is 12.2. The molecule has 0 radical (unpaired) electrons. The van der Waals surface area contributed by atoms with Crippen molar-refractivity contribution in [3.63, 3.8) is 0 Å². The summed E-state index contributed by atoms with van der Waals surface area (Å²) in [5.74, 6) is -0.973. The van der Waals surface area contributed by atoms with Crippen LogP contribution in [0.5, 0.6) is 0 Å². The molecule has 1 unspecified atom stereocenters. The lowest BCUT2D eigenvalue weighted by Gasteiger charge is -2.19. The average Bonchev–Trinajstić information content (AvgIpc) is 2.81. The molecule has 0 aromatic heterocycles. The largest absolute Gasteiger partial charge is 0.569 e. The number of nitrogens with zero attached hydrogens (tertiary/aromatic N) is 4. The Morgan fingerprint density at radius 3 is 2.43 bits per heavy atom. The molecule has 0 saturated heterocycles. The summed E-state index contributed by atoms with van der Waals surface area (Å²) in [5.41, 5.74) is 0.596. The van der Waals surface area contributed by atoms with Gasteiger partial charge in [-0.3, -0.25) is 9.59 Å². The lowest BCUT2D eigenvalue weighted by molar-refractivity contribution is -0.707. The van der Waals surface area contributed by atoms with Crippen LogP contribution >= 0.6 is 0 Å². The van der Waals surface area contributed by atoms with Crippen molar-refractivity contribution in [3.8, 4) is 0 Å². The molecule has 0 spiro atoms. The Labute approximate surface area is 132 Å². The molecular weight excluding hydrogens is 304 g/mol. The van der Waals surface area contributed by atoms with Crippen LogP contribution in [0.2, 0.25) is 0 Å². The van der Waals surface area contributed by atoms with Gasteiger partial charge in [0.15, 0.2) is 0 Å². The number of hydrogen-bond acceptors (Lipinski definition) is 6. The normalized spacial score (nSPS) is 15.6. The van der Waals surface area contributed by atoms with E-state index in [-0.39, 0.29) is 18.1 Å².